The lowest BCUT2D eigenvalue weighted by atomic mass is 10.1. The summed E-state index contributed by atoms with van der Waals surface area (Å²) in [6.45, 7) is 0.409. The van der Waals surface area contributed by atoms with E-state index in [1.165, 1.54) is 7.11 Å². The Morgan fingerprint density at radius 3 is 2.64 bits per heavy atom. The molecule has 1 saturated heterocycles. The molecule has 8 nitrogen and oxygen atoms in total. The highest BCUT2D eigenvalue weighted by Crippen LogP contribution is 2.27. The highest BCUT2D eigenvalue weighted by Gasteiger charge is 2.33. The Balaban J connectivity index is 1.43. The summed E-state index contributed by atoms with van der Waals surface area (Å²) in [6.07, 6.45) is 3.51. The van der Waals surface area contributed by atoms with Gasteiger partial charge in [0.15, 0.2) is 0 Å². The second-order valence-corrected chi connectivity index (χ2v) is 8.93. The topological polar surface area (TPSA) is 93.8 Å². The number of esters is 1. The maximum atomic E-state index is 13.1. The van der Waals surface area contributed by atoms with Crippen molar-refractivity contribution >= 4 is 58.1 Å². The fraction of sp³-hybridized carbons (Fsp3) is 0.115. The summed E-state index contributed by atoms with van der Waals surface area (Å²) in [5, 5.41) is 4.28. The summed E-state index contributed by atoms with van der Waals surface area (Å²) in [4.78, 5) is 38.4. The van der Waals surface area contributed by atoms with Gasteiger partial charge in [-0.05, 0) is 42.0 Å². The minimum Gasteiger partial charge on any atom is -0.463 e. The minimum absolute atomic E-state index is 0.0572. The number of halogens is 2. The fourth-order valence-electron chi connectivity index (χ4n) is 4.05. The van der Waals surface area contributed by atoms with Gasteiger partial charge in [0.05, 0.1) is 30.2 Å². The molecule has 5 rings (SSSR count). The van der Waals surface area contributed by atoms with Gasteiger partial charge in [0.25, 0.3) is 5.91 Å². The lowest BCUT2D eigenvalue weighted by Gasteiger charge is -2.12. The number of amides is 3. The zero-order chi connectivity index (χ0) is 25.4. The third-order valence-corrected chi connectivity index (χ3v) is 6.52. The number of methoxy groups -OCH3 is 1. The highest BCUT2D eigenvalue weighted by molar-refractivity contribution is 6.42. The summed E-state index contributed by atoms with van der Waals surface area (Å²) >= 11 is 12.0. The van der Waals surface area contributed by atoms with Gasteiger partial charge >= 0.3 is 12.0 Å². The molecule has 182 valence electrons. The van der Waals surface area contributed by atoms with Crippen LogP contribution in [0.2, 0.25) is 10.0 Å². The van der Waals surface area contributed by atoms with Crippen LogP contribution in [0.25, 0.3) is 17.0 Å². The number of carbonyl (C=O) groups excluding carboxylic acids is 3. The first kappa shape index (κ1) is 23.7. The molecule has 0 unspecified atom stereocenters. The zero-order valence-corrected chi connectivity index (χ0v) is 20.5. The van der Waals surface area contributed by atoms with Gasteiger partial charge in [-0.1, -0.05) is 47.5 Å². The number of para-hydroxylation sites is 1. The molecular weight excluding hydrogens is 505 g/mol. The zero-order valence-electron chi connectivity index (χ0n) is 19.0. The lowest BCUT2D eigenvalue weighted by molar-refractivity contribution is -0.123. The number of furan rings is 1. The van der Waals surface area contributed by atoms with Crippen molar-refractivity contribution in [3.8, 4) is 0 Å². The summed E-state index contributed by atoms with van der Waals surface area (Å²) in [5.74, 6) is -0.317. The number of rotatable bonds is 6. The molecule has 1 fully saturated rings. The first-order valence-corrected chi connectivity index (χ1v) is 11.6. The predicted octanol–water partition coefficient (Wildman–Crippen LogP) is 5.47. The van der Waals surface area contributed by atoms with Crippen LogP contribution in [0.5, 0.6) is 0 Å². The number of nitrogens with zero attached hydrogens (tertiary/aromatic N) is 2. The van der Waals surface area contributed by atoms with E-state index in [2.05, 4.69) is 5.32 Å². The number of aromatic nitrogens is 1. The first-order valence-electron chi connectivity index (χ1n) is 10.9. The molecule has 0 aliphatic carbocycles. The van der Waals surface area contributed by atoms with Gasteiger partial charge in [0.2, 0.25) is 5.76 Å². The van der Waals surface area contributed by atoms with Crippen molar-refractivity contribution in [2.75, 3.05) is 7.11 Å². The maximum absolute atomic E-state index is 13.1. The average Bonchev–Trinajstić information content (AvgIpc) is 3.55. The van der Waals surface area contributed by atoms with E-state index in [9.17, 15) is 14.4 Å². The third kappa shape index (κ3) is 4.48. The predicted molar refractivity (Wildman–Crippen MR) is 135 cm³/mol. The molecule has 0 atom stereocenters. The molecule has 36 heavy (non-hydrogen) atoms. The minimum atomic E-state index is -0.551. The number of carbonyl (C=O) groups is 3. The molecule has 0 bridgehead atoms. The van der Waals surface area contributed by atoms with Gasteiger partial charge in [-0.2, -0.15) is 0 Å². The van der Waals surface area contributed by atoms with Gasteiger partial charge in [0.1, 0.15) is 11.5 Å². The van der Waals surface area contributed by atoms with Crippen molar-refractivity contribution in [3.05, 3.63) is 99.2 Å². The molecule has 10 heteroatoms. The van der Waals surface area contributed by atoms with Crippen molar-refractivity contribution in [2.45, 2.75) is 13.1 Å². The molecule has 0 radical (unpaired) electrons. The smallest absolute Gasteiger partial charge is 0.373 e. The van der Waals surface area contributed by atoms with Crippen molar-refractivity contribution in [1.82, 2.24) is 14.8 Å². The number of imide groups is 1. The van der Waals surface area contributed by atoms with Crippen molar-refractivity contribution < 1.29 is 23.5 Å². The van der Waals surface area contributed by atoms with E-state index in [1.807, 2.05) is 35.0 Å². The molecule has 0 saturated carbocycles. The molecule has 2 aromatic heterocycles. The lowest BCUT2D eigenvalue weighted by Crippen LogP contribution is -2.30. The SMILES string of the molecule is COC(=O)c1ccc(Cn2cc(/C=C3\NC(=O)N(Cc4ccc(Cl)c(Cl)c4)C3=O)c3ccccc32)o1. The molecule has 3 heterocycles. The van der Waals surface area contributed by atoms with Crippen LogP contribution in [-0.4, -0.2) is 34.5 Å². The Morgan fingerprint density at radius 1 is 1.06 bits per heavy atom. The Hall–Kier alpha value is -4.01. The second kappa shape index (κ2) is 9.56. The Bertz CT molecular complexity index is 1550. The van der Waals surface area contributed by atoms with Crippen molar-refractivity contribution in [2.24, 2.45) is 0 Å². The number of nitrogens with one attached hydrogen (secondary N) is 1. The molecule has 1 aliphatic rings. The van der Waals surface area contributed by atoms with E-state index < -0.39 is 17.9 Å². The van der Waals surface area contributed by atoms with E-state index in [0.717, 1.165) is 21.4 Å². The number of hydrogen-bond acceptors (Lipinski definition) is 5. The van der Waals surface area contributed by atoms with Crippen LogP contribution in [0.1, 0.15) is 27.4 Å². The van der Waals surface area contributed by atoms with Gasteiger partial charge in [-0.15, -0.1) is 0 Å². The van der Waals surface area contributed by atoms with Crippen LogP contribution in [0, 0.1) is 0 Å². The van der Waals surface area contributed by atoms with Crippen LogP contribution in [0.3, 0.4) is 0 Å². The quantitative estimate of drug-likeness (QED) is 0.205. The molecular formula is C26H19Cl2N3O5. The van der Waals surface area contributed by atoms with Gasteiger partial charge < -0.3 is 19.0 Å². The number of ether oxygens (including phenoxy) is 1. The first-order chi connectivity index (χ1) is 17.3. The molecule has 0 spiro atoms. The van der Waals surface area contributed by atoms with Crippen LogP contribution in [0.4, 0.5) is 4.79 Å². The largest absolute Gasteiger partial charge is 0.463 e. The van der Waals surface area contributed by atoms with E-state index >= 15 is 0 Å². The number of urea groups is 1. The average molecular weight is 524 g/mol. The summed E-state index contributed by atoms with van der Waals surface area (Å²) in [5.41, 5.74) is 2.47. The van der Waals surface area contributed by atoms with Gasteiger partial charge in [0, 0.05) is 22.7 Å². The normalized spacial score (nSPS) is 14.6. The highest BCUT2D eigenvalue weighted by atomic mass is 35.5. The number of benzene rings is 2. The maximum Gasteiger partial charge on any atom is 0.373 e. The van der Waals surface area contributed by atoms with E-state index in [0.29, 0.717) is 27.9 Å². The van der Waals surface area contributed by atoms with Crippen molar-refractivity contribution in [1.29, 1.82) is 0 Å². The van der Waals surface area contributed by atoms with E-state index in [4.69, 9.17) is 32.4 Å². The second-order valence-electron chi connectivity index (χ2n) is 8.11. The summed E-state index contributed by atoms with van der Waals surface area (Å²) in [7, 11) is 1.29. The molecule has 1 N–H and O–H groups in total. The molecule has 3 amide bonds. The van der Waals surface area contributed by atoms with Crippen LogP contribution in [-0.2, 0) is 22.6 Å². The van der Waals surface area contributed by atoms with Gasteiger partial charge in [-0.25, -0.2) is 9.59 Å². The molecule has 4 aromatic rings. The van der Waals surface area contributed by atoms with Gasteiger partial charge in [-0.3, -0.25) is 9.69 Å². The fourth-order valence-corrected chi connectivity index (χ4v) is 4.37. The number of hydrogen-bond donors (Lipinski definition) is 1. The van der Waals surface area contributed by atoms with Crippen LogP contribution < -0.4 is 5.32 Å². The molecule has 1 aliphatic heterocycles. The monoisotopic (exact) mass is 523 g/mol. The molecule has 2 aromatic carbocycles. The van der Waals surface area contributed by atoms with E-state index in [1.54, 1.807) is 36.4 Å². The third-order valence-electron chi connectivity index (χ3n) is 5.78. The van der Waals surface area contributed by atoms with Crippen LogP contribution in [0.15, 0.2) is 70.9 Å². The van der Waals surface area contributed by atoms with E-state index in [-0.39, 0.29) is 18.0 Å². The standard InChI is InChI=1S/C26H19Cl2N3O5/c1-35-25(33)23-9-7-17(36-23)14-30-13-16(18-4-2-3-5-22(18)30)11-21-24(32)31(26(34)29-21)12-15-6-8-19(27)20(28)10-15/h2-11,13H,12,14H2,1H3,(H,29,34)/b21-11-. The Kier molecular flexibility index (Phi) is 6.30. The Labute approximate surface area is 215 Å². The summed E-state index contributed by atoms with van der Waals surface area (Å²) < 4.78 is 12.2. The van der Waals surface area contributed by atoms with Crippen molar-refractivity contribution in [3.63, 3.8) is 0 Å². The van der Waals surface area contributed by atoms with Crippen LogP contribution >= 0.6 is 23.2 Å². The Morgan fingerprint density at radius 2 is 1.86 bits per heavy atom. The summed E-state index contributed by atoms with van der Waals surface area (Å²) in [6, 6.07) is 15.4. The number of fused-ring (bicyclic) bond motifs is 1.